The Labute approximate surface area is 162 Å². The second-order valence-electron chi connectivity index (χ2n) is 6.25. The number of nitrogens with zero attached hydrogens (tertiary/aromatic N) is 2. The number of primary amides is 1. The summed E-state index contributed by atoms with van der Waals surface area (Å²) in [6.45, 7) is 6.67. The fourth-order valence-electron chi connectivity index (χ4n) is 2.36. The number of carbonyl (C=O) groups excluding carboxylic acids is 2. The van der Waals surface area contributed by atoms with E-state index in [4.69, 9.17) is 28.9 Å². The lowest BCUT2D eigenvalue weighted by Crippen LogP contribution is -2.13. The van der Waals surface area contributed by atoms with Gasteiger partial charge in [0.2, 0.25) is 11.8 Å². The van der Waals surface area contributed by atoms with Gasteiger partial charge in [-0.15, -0.1) is 0 Å². The van der Waals surface area contributed by atoms with Crippen molar-refractivity contribution in [1.29, 1.82) is 0 Å². The Morgan fingerprint density at radius 3 is 2.65 bits per heavy atom. The molecular weight excluding hydrogens is 375 g/mol. The van der Waals surface area contributed by atoms with Gasteiger partial charge in [-0.1, -0.05) is 37.0 Å². The van der Waals surface area contributed by atoms with Gasteiger partial charge in [-0.2, -0.15) is 5.10 Å². The number of aromatic nitrogens is 2. The lowest BCUT2D eigenvalue weighted by molar-refractivity contribution is -0.111. The van der Waals surface area contributed by atoms with Gasteiger partial charge in [0.15, 0.2) is 0 Å². The number of amides is 2. The highest BCUT2D eigenvalue weighted by Crippen LogP contribution is 2.23. The molecule has 0 spiro atoms. The molecular formula is C18H20Cl2N4O2. The third kappa shape index (κ3) is 4.86. The number of hydrogen-bond acceptors (Lipinski definition) is 3. The predicted molar refractivity (Wildman–Crippen MR) is 104 cm³/mol. The average Bonchev–Trinajstić information content (AvgIpc) is 2.80. The van der Waals surface area contributed by atoms with Gasteiger partial charge in [0.05, 0.1) is 16.3 Å². The molecule has 1 heterocycles. The van der Waals surface area contributed by atoms with Crippen LogP contribution in [0.5, 0.6) is 0 Å². The molecule has 3 N–H and O–H groups in total. The van der Waals surface area contributed by atoms with Crippen molar-refractivity contribution >= 4 is 46.8 Å². The van der Waals surface area contributed by atoms with E-state index in [2.05, 4.69) is 24.3 Å². The minimum atomic E-state index is -0.665. The SMILES string of the molecule is Cc1nn(CC(C)C)c(Cl)c1/C=C/C(=O)Nc1ccc(Cl)c(C(N)=O)c1. The molecule has 0 aliphatic carbocycles. The van der Waals surface area contributed by atoms with Crippen LogP contribution in [0.3, 0.4) is 0 Å². The molecule has 0 atom stereocenters. The smallest absolute Gasteiger partial charge is 0.250 e. The Balaban J connectivity index is 2.14. The number of benzene rings is 1. The van der Waals surface area contributed by atoms with Gasteiger partial charge in [-0.25, -0.2) is 0 Å². The van der Waals surface area contributed by atoms with Gasteiger partial charge in [-0.3, -0.25) is 14.3 Å². The van der Waals surface area contributed by atoms with Gasteiger partial charge < -0.3 is 11.1 Å². The van der Waals surface area contributed by atoms with E-state index in [0.717, 1.165) is 5.69 Å². The van der Waals surface area contributed by atoms with Crippen LogP contribution in [-0.4, -0.2) is 21.6 Å². The monoisotopic (exact) mass is 394 g/mol. The first-order valence-corrected chi connectivity index (χ1v) is 8.76. The number of rotatable bonds is 6. The Morgan fingerprint density at radius 2 is 2.04 bits per heavy atom. The number of carbonyl (C=O) groups is 2. The third-order valence-electron chi connectivity index (χ3n) is 3.55. The second-order valence-corrected chi connectivity index (χ2v) is 7.01. The van der Waals surface area contributed by atoms with E-state index < -0.39 is 5.91 Å². The van der Waals surface area contributed by atoms with Crippen molar-refractivity contribution in [2.24, 2.45) is 11.7 Å². The van der Waals surface area contributed by atoms with E-state index in [1.807, 2.05) is 6.92 Å². The summed E-state index contributed by atoms with van der Waals surface area (Å²) < 4.78 is 1.72. The van der Waals surface area contributed by atoms with Crippen molar-refractivity contribution in [3.8, 4) is 0 Å². The van der Waals surface area contributed by atoms with Crippen LogP contribution in [0, 0.1) is 12.8 Å². The lowest BCUT2D eigenvalue weighted by atomic mass is 10.2. The maximum Gasteiger partial charge on any atom is 0.250 e. The zero-order chi connectivity index (χ0) is 19.4. The van der Waals surface area contributed by atoms with E-state index in [1.165, 1.54) is 18.2 Å². The van der Waals surface area contributed by atoms with E-state index in [9.17, 15) is 9.59 Å². The first-order chi connectivity index (χ1) is 12.2. The Morgan fingerprint density at radius 1 is 1.35 bits per heavy atom. The molecule has 0 bridgehead atoms. The van der Waals surface area contributed by atoms with Gasteiger partial charge in [0.25, 0.3) is 0 Å². The highest BCUT2D eigenvalue weighted by Gasteiger charge is 2.13. The lowest BCUT2D eigenvalue weighted by Gasteiger charge is -2.06. The van der Waals surface area contributed by atoms with Crippen molar-refractivity contribution in [2.45, 2.75) is 27.3 Å². The maximum absolute atomic E-state index is 12.1. The van der Waals surface area contributed by atoms with Crippen LogP contribution in [0.4, 0.5) is 5.69 Å². The topological polar surface area (TPSA) is 90.0 Å². The van der Waals surface area contributed by atoms with Crippen molar-refractivity contribution in [1.82, 2.24) is 9.78 Å². The molecule has 0 saturated heterocycles. The molecule has 0 saturated carbocycles. The Hall–Kier alpha value is -2.31. The summed E-state index contributed by atoms with van der Waals surface area (Å²) in [6.07, 6.45) is 2.97. The fourth-order valence-corrected chi connectivity index (χ4v) is 2.88. The van der Waals surface area contributed by atoms with Crippen LogP contribution < -0.4 is 11.1 Å². The van der Waals surface area contributed by atoms with Gasteiger partial charge in [0.1, 0.15) is 5.15 Å². The predicted octanol–water partition coefficient (Wildman–Crippen LogP) is 3.91. The largest absolute Gasteiger partial charge is 0.366 e. The van der Waals surface area contributed by atoms with Gasteiger partial charge in [0, 0.05) is 23.9 Å². The van der Waals surface area contributed by atoms with E-state index in [0.29, 0.717) is 28.9 Å². The van der Waals surface area contributed by atoms with Crippen molar-refractivity contribution < 1.29 is 9.59 Å². The normalized spacial score (nSPS) is 11.3. The number of halogens is 2. The number of nitrogens with one attached hydrogen (secondary N) is 1. The summed E-state index contributed by atoms with van der Waals surface area (Å²) in [5.74, 6) is -0.646. The molecule has 6 nitrogen and oxygen atoms in total. The number of aryl methyl sites for hydroxylation is 1. The molecule has 2 aromatic rings. The first-order valence-electron chi connectivity index (χ1n) is 8.00. The molecule has 0 aliphatic heterocycles. The molecule has 2 amide bonds. The Bertz CT molecular complexity index is 872. The minimum absolute atomic E-state index is 0.141. The molecule has 138 valence electrons. The summed E-state index contributed by atoms with van der Waals surface area (Å²) in [5, 5.41) is 7.76. The van der Waals surface area contributed by atoms with Crippen LogP contribution in [0.15, 0.2) is 24.3 Å². The number of nitrogens with two attached hydrogens (primary N) is 1. The summed E-state index contributed by atoms with van der Waals surface area (Å²) in [6, 6.07) is 4.51. The summed E-state index contributed by atoms with van der Waals surface area (Å²) in [5.41, 5.74) is 7.23. The van der Waals surface area contributed by atoms with Crippen LogP contribution in [0.2, 0.25) is 10.2 Å². The zero-order valence-electron chi connectivity index (χ0n) is 14.7. The fraction of sp³-hybridized carbons (Fsp3) is 0.278. The minimum Gasteiger partial charge on any atom is -0.366 e. The summed E-state index contributed by atoms with van der Waals surface area (Å²) in [4.78, 5) is 23.5. The number of hydrogen-bond donors (Lipinski definition) is 2. The molecule has 1 aromatic heterocycles. The molecule has 26 heavy (non-hydrogen) atoms. The molecule has 0 fully saturated rings. The average molecular weight is 395 g/mol. The van der Waals surface area contributed by atoms with Crippen LogP contribution in [0.25, 0.3) is 6.08 Å². The standard InChI is InChI=1S/C18H20Cl2N4O2/c1-10(2)9-24-17(20)13(11(3)23-24)5-7-16(25)22-12-4-6-15(19)14(8-12)18(21)26/h4-8,10H,9H2,1-3H3,(H2,21,26)(H,22,25)/b7-5+. The highest BCUT2D eigenvalue weighted by molar-refractivity contribution is 6.34. The molecule has 0 unspecified atom stereocenters. The van der Waals surface area contributed by atoms with Gasteiger partial charge in [-0.05, 0) is 37.1 Å². The van der Waals surface area contributed by atoms with Crippen molar-refractivity contribution in [3.63, 3.8) is 0 Å². The van der Waals surface area contributed by atoms with E-state index in [-0.39, 0.29) is 16.5 Å². The second kappa shape index (κ2) is 8.38. The summed E-state index contributed by atoms with van der Waals surface area (Å²) in [7, 11) is 0. The maximum atomic E-state index is 12.1. The third-order valence-corrected chi connectivity index (χ3v) is 4.28. The van der Waals surface area contributed by atoms with Gasteiger partial charge >= 0.3 is 0 Å². The van der Waals surface area contributed by atoms with Crippen LogP contribution in [0.1, 0.15) is 35.5 Å². The van der Waals surface area contributed by atoms with Crippen LogP contribution >= 0.6 is 23.2 Å². The van der Waals surface area contributed by atoms with E-state index >= 15 is 0 Å². The molecule has 2 rings (SSSR count). The molecule has 1 aromatic carbocycles. The van der Waals surface area contributed by atoms with Crippen molar-refractivity contribution in [2.75, 3.05) is 5.32 Å². The van der Waals surface area contributed by atoms with Crippen molar-refractivity contribution in [3.05, 3.63) is 51.3 Å². The summed E-state index contributed by atoms with van der Waals surface area (Å²) >= 11 is 12.2. The molecule has 8 heteroatoms. The molecule has 0 radical (unpaired) electrons. The quantitative estimate of drug-likeness (QED) is 0.727. The Kier molecular flexibility index (Phi) is 6.45. The number of anilines is 1. The zero-order valence-corrected chi connectivity index (χ0v) is 16.2. The highest BCUT2D eigenvalue weighted by atomic mass is 35.5. The first kappa shape index (κ1) is 20.0. The molecule has 0 aliphatic rings. The van der Waals surface area contributed by atoms with Crippen LogP contribution in [-0.2, 0) is 11.3 Å². The van der Waals surface area contributed by atoms with E-state index in [1.54, 1.807) is 16.8 Å².